The molecule has 0 spiro atoms. The SMILES string of the molecule is Cc1cc(Nc2ncnc3cnc(N4CCOCC4)cc23)ccc1Oc1cccc(C(=O)NC2CCCCC2)c1. The van der Waals surface area contributed by atoms with E-state index in [4.69, 9.17) is 9.47 Å². The Morgan fingerprint density at radius 2 is 1.85 bits per heavy atom. The molecule has 1 aliphatic carbocycles. The average Bonchev–Trinajstić information content (AvgIpc) is 3.00. The van der Waals surface area contributed by atoms with Crippen LogP contribution in [-0.4, -0.2) is 53.2 Å². The van der Waals surface area contributed by atoms with Crippen molar-refractivity contribution in [2.75, 3.05) is 36.5 Å². The van der Waals surface area contributed by atoms with Crippen LogP contribution in [0.15, 0.2) is 61.1 Å². The molecule has 0 unspecified atom stereocenters. The quantitative estimate of drug-likeness (QED) is 0.306. The summed E-state index contributed by atoms with van der Waals surface area (Å²) in [7, 11) is 0. The van der Waals surface area contributed by atoms with Gasteiger partial charge in [-0.3, -0.25) is 4.79 Å². The van der Waals surface area contributed by atoms with Gasteiger partial charge in [0.1, 0.15) is 29.5 Å². The summed E-state index contributed by atoms with van der Waals surface area (Å²) in [6, 6.07) is 15.6. The van der Waals surface area contributed by atoms with Gasteiger partial charge >= 0.3 is 0 Å². The summed E-state index contributed by atoms with van der Waals surface area (Å²) in [5.74, 6) is 2.92. The lowest BCUT2D eigenvalue weighted by Crippen LogP contribution is -2.36. The van der Waals surface area contributed by atoms with Crippen LogP contribution < -0.4 is 20.3 Å². The number of rotatable bonds is 7. The number of ether oxygens (including phenoxy) is 2. The van der Waals surface area contributed by atoms with E-state index < -0.39 is 0 Å². The fourth-order valence-electron chi connectivity index (χ4n) is 5.33. The Labute approximate surface area is 234 Å². The maximum atomic E-state index is 12.8. The Kier molecular flexibility index (Phi) is 7.72. The highest BCUT2D eigenvalue weighted by Gasteiger charge is 2.18. The lowest BCUT2D eigenvalue weighted by molar-refractivity contribution is 0.0927. The van der Waals surface area contributed by atoms with Crippen LogP contribution in [0.4, 0.5) is 17.3 Å². The van der Waals surface area contributed by atoms with Gasteiger partial charge in [-0.15, -0.1) is 0 Å². The number of morpholine rings is 1. The van der Waals surface area contributed by atoms with E-state index in [1.165, 1.54) is 19.3 Å². The number of aromatic nitrogens is 3. The Balaban J connectivity index is 1.16. The molecular formula is C31H34N6O3. The van der Waals surface area contributed by atoms with Crippen molar-refractivity contribution >= 4 is 34.1 Å². The molecule has 2 aliphatic rings. The number of carbonyl (C=O) groups is 1. The van der Waals surface area contributed by atoms with Crippen molar-refractivity contribution < 1.29 is 14.3 Å². The number of anilines is 3. The molecule has 0 radical (unpaired) electrons. The predicted octanol–water partition coefficient (Wildman–Crippen LogP) is 5.77. The minimum Gasteiger partial charge on any atom is -0.457 e. The zero-order chi connectivity index (χ0) is 27.3. The van der Waals surface area contributed by atoms with Crippen LogP contribution in [-0.2, 0) is 4.74 Å². The number of aryl methyl sites for hydroxylation is 1. The number of carbonyl (C=O) groups excluding carboxylic acids is 1. The first-order valence-corrected chi connectivity index (χ1v) is 14.0. The zero-order valence-electron chi connectivity index (χ0n) is 22.7. The van der Waals surface area contributed by atoms with Gasteiger partial charge < -0.3 is 25.0 Å². The van der Waals surface area contributed by atoms with Crippen molar-refractivity contribution in [1.29, 1.82) is 0 Å². The molecule has 2 N–H and O–H groups in total. The molecule has 2 aromatic heterocycles. The smallest absolute Gasteiger partial charge is 0.251 e. The van der Waals surface area contributed by atoms with E-state index in [-0.39, 0.29) is 11.9 Å². The average molecular weight is 539 g/mol. The van der Waals surface area contributed by atoms with E-state index in [1.54, 1.807) is 18.6 Å². The second kappa shape index (κ2) is 11.9. The number of pyridine rings is 1. The highest BCUT2D eigenvalue weighted by atomic mass is 16.5. The molecule has 1 saturated carbocycles. The Bertz CT molecular complexity index is 1500. The highest BCUT2D eigenvalue weighted by Crippen LogP contribution is 2.31. The number of hydrogen-bond donors (Lipinski definition) is 2. The Morgan fingerprint density at radius 3 is 2.67 bits per heavy atom. The fraction of sp³-hybridized carbons (Fsp3) is 0.355. The summed E-state index contributed by atoms with van der Waals surface area (Å²) in [6.07, 6.45) is 9.06. The molecule has 0 atom stereocenters. The van der Waals surface area contributed by atoms with Crippen LogP contribution in [0.3, 0.4) is 0 Å². The van der Waals surface area contributed by atoms with Gasteiger partial charge in [0.2, 0.25) is 0 Å². The van der Waals surface area contributed by atoms with Crippen LogP contribution in [0.5, 0.6) is 11.5 Å². The molecule has 0 bridgehead atoms. The lowest BCUT2D eigenvalue weighted by Gasteiger charge is -2.27. The van der Waals surface area contributed by atoms with Crippen molar-refractivity contribution in [2.24, 2.45) is 0 Å². The Morgan fingerprint density at radius 1 is 1.00 bits per heavy atom. The van der Waals surface area contributed by atoms with E-state index in [0.717, 1.165) is 59.7 Å². The lowest BCUT2D eigenvalue weighted by atomic mass is 9.95. The summed E-state index contributed by atoms with van der Waals surface area (Å²) in [5, 5.41) is 7.52. The summed E-state index contributed by atoms with van der Waals surface area (Å²) in [6.45, 7) is 5.01. The van der Waals surface area contributed by atoms with Crippen LogP contribution >= 0.6 is 0 Å². The largest absolute Gasteiger partial charge is 0.457 e. The van der Waals surface area contributed by atoms with Gasteiger partial charge in [-0.1, -0.05) is 25.3 Å². The molecule has 1 amide bonds. The molecule has 3 heterocycles. The third-order valence-electron chi connectivity index (χ3n) is 7.54. The number of benzene rings is 2. The highest BCUT2D eigenvalue weighted by molar-refractivity contribution is 5.95. The van der Waals surface area contributed by atoms with E-state index in [1.807, 2.05) is 49.4 Å². The molecule has 2 fully saturated rings. The third kappa shape index (κ3) is 5.99. The Hall–Kier alpha value is -4.24. The van der Waals surface area contributed by atoms with Crippen LogP contribution in [0.25, 0.3) is 10.9 Å². The first kappa shape index (κ1) is 26.0. The molecule has 6 rings (SSSR count). The van der Waals surface area contributed by atoms with Crippen molar-refractivity contribution in [3.63, 3.8) is 0 Å². The first-order valence-electron chi connectivity index (χ1n) is 14.0. The van der Waals surface area contributed by atoms with Crippen LogP contribution in [0.1, 0.15) is 48.0 Å². The standard InChI is InChI=1S/C31H34N6O3/c1-21-16-24(35-30-26-18-29(37-12-14-39-15-13-37)32-19-27(26)33-20-34-30)10-11-28(21)40-25-9-5-6-22(17-25)31(38)36-23-7-3-2-4-8-23/h5-6,9-11,16-20,23H,2-4,7-8,12-15H2,1H3,(H,36,38)(H,33,34,35). The first-order chi connectivity index (χ1) is 19.6. The molecule has 9 heteroatoms. The van der Waals surface area contributed by atoms with Crippen molar-refractivity contribution in [2.45, 2.75) is 45.1 Å². The summed E-state index contributed by atoms with van der Waals surface area (Å²) in [4.78, 5) is 28.5. The molecular weight excluding hydrogens is 504 g/mol. The number of nitrogens with zero attached hydrogens (tertiary/aromatic N) is 4. The van der Waals surface area contributed by atoms with Gasteiger partial charge in [0.25, 0.3) is 5.91 Å². The molecule has 206 valence electrons. The number of hydrogen-bond acceptors (Lipinski definition) is 8. The third-order valence-corrected chi connectivity index (χ3v) is 7.54. The molecule has 1 saturated heterocycles. The minimum atomic E-state index is -0.0438. The van der Waals surface area contributed by atoms with Crippen LogP contribution in [0, 0.1) is 6.92 Å². The monoisotopic (exact) mass is 538 g/mol. The minimum absolute atomic E-state index is 0.0438. The molecule has 1 aliphatic heterocycles. The van der Waals surface area contributed by atoms with Gasteiger partial charge in [0, 0.05) is 35.8 Å². The van der Waals surface area contributed by atoms with E-state index in [9.17, 15) is 4.79 Å². The maximum Gasteiger partial charge on any atom is 0.251 e. The number of fused-ring (bicyclic) bond motifs is 1. The maximum absolute atomic E-state index is 12.8. The second-order valence-electron chi connectivity index (χ2n) is 10.4. The molecule has 40 heavy (non-hydrogen) atoms. The van der Waals surface area contributed by atoms with Crippen LogP contribution in [0.2, 0.25) is 0 Å². The van der Waals surface area contributed by atoms with Gasteiger partial charge in [0.05, 0.1) is 24.9 Å². The van der Waals surface area contributed by atoms with Crippen molar-refractivity contribution in [1.82, 2.24) is 20.3 Å². The number of nitrogens with one attached hydrogen (secondary N) is 2. The zero-order valence-corrected chi connectivity index (χ0v) is 22.7. The van der Waals surface area contributed by atoms with Gasteiger partial charge in [-0.05, 0) is 67.8 Å². The van der Waals surface area contributed by atoms with Crippen molar-refractivity contribution in [3.05, 3.63) is 72.2 Å². The normalized spacial score (nSPS) is 16.1. The van der Waals surface area contributed by atoms with Gasteiger partial charge in [-0.2, -0.15) is 0 Å². The fourth-order valence-corrected chi connectivity index (χ4v) is 5.33. The predicted molar refractivity (Wildman–Crippen MR) is 156 cm³/mol. The summed E-state index contributed by atoms with van der Waals surface area (Å²) < 4.78 is 11.7. The van der Waals surface area contributed by atoms with Gasteiger partial charge in [-0.25, -0.2) is 15.0 Å². The molecule has 4 aromatic rings. The topological polar surface area (TPSA) is 102 Å². The van der Waals surface area contributed by atoms with Gasteiger partial charge in [0.15, 0.2) is 0 Å². The molecule has 9 nitrogen and oxygen atoms in total. The second-order valence-corrected chi connectivity index (χ2v) is 10.4. The van der Waals surface area contributed by atoms with Crippen molar-refractivity contribution in [3.8, 4) is 11.5 Å². The van der Waals surface area contributed by atoms with E-state index >= 15 is 0 Å². The molecule has 2 aromatic carbocycles. The van der Waals surface area contributed by atoms with E-state index in [0.29, 0.717) is 30.3 Å². The summed E-state index contributed by atoms with van der Waals surface area (Å²) in [5.41, 5.74) is 3.23. The number of amides is 1. The van der Waals surface area contributed by atoms with E-state index in [2.05, 4.69) is 30.5 Å². The summed E-state index contributed by atoms with van der Waals surface area (Å²) >= 11 is 0.